The molecule has 0 aromatic rings. The number of nitrogens with zero attached hydrogens (tertiary/aromatic N) is 1. The first kappa shape index (κ1) is 31.6. The number of likely N-dealkylation sites (tertiary alicyclic amines) is 1. The summed E-state index contributed by atoms with van der Waals surface area (Å²) in [5.74, 6) is 4.12. The number of ether oxygens (including phenoxy) is 2. The van der Waals surface area contributed by atoms with Crippen molar-refractivity contribution in [3.05, 3.63) is 11.6 Å². The van der Waals surface area contributed by atoms with Gasteiger partial charge in [-0.05, 0) is 88.4 Å². The van der Waals surface area contributed by atoms with Gasteiger partial charge >= 0.3 is 0 Å². The minimum absolute atomic E-state index is 0.0626. The smallest absolute Gasteiger partial charge is 0.0679 e. The van der Waals surface area contributed by atoms with Gasteiger partial charge < -0.3 is 14.6 Å². The average molecular weight is 482 g/mol. The van der Waals surface area contributed by atoms with Gasteiger partial charge in [0.1, 0.15) is 0 Å². The van der Waals surface area contributed by atoms with E-state index in [1.165, 1.54) is 38.5 Å². The summed E-state index contributed by atoms with van der Waals surface area (Å²) in [6, 6.07) is 0.599. The summed E-state index contributed by atoms with van der Waals surface area (Å²) in [6.45, 7) is 23.9. The molecule has 4 aliphatic rings. The molecule has 0 saturated carbocycles. The first-order chi connectivity index (χ1) is 16.1. The Bertz CT molecular complexity index is 497. The Kier molecular flexibility index (Phi) is 16.7. The molecule has 4 nitrogen and oxygen atoms in total. The van der Waals surface area contributed by atoms with Crippen LogP contribution in [0.4, 0.5) is 0 Å². The summed E-state index contributed by atoms with van der Waals surface area (Å²) in [5, 5.41) is 9.11. The lowest BCUT2D eigenvalue weighted by atomic mass is 9.92. The summed E-state index contributed by atoms with van der Waals surface area (Å²) in [5.41, 5.74) is 1.68. The molecule has 3 unspecified atom stereocenters. The summed E-state index contributed by atoms with van der Waals surface area (Å²) in [6.07, 6.45) is 11.4. The molecule has 0 aromatic carbocycles. The van der Waals surface area contributed by atoms with E-state index in [4.69, 9.17) is 14.6 Å². The zero-order chi connectivity index (χ0) is 25.5. The normalized spacial score (nSPS) is 27.2. The van der Waals surface area contributed by atoms with Gasteiger partial charge in [0.05, 0.1) is 6.10 Å². The topological polar surface area (TPSA) is 41.9 Å². The number of allylic oxidation sites excluding steroid dienone is 2. The molecule has 0 spiro atoms. The largest absolute Gasteiger partial charge is 0.392 e. The van der Waals surface area contributed by atoms with E-state index >= 15 is 0 Å². The molecule has 4 rings (SSSR count). The standard InChI is InChI=1S/C9H16.C7H15NO.2C7H14O/c1-8(2)9-6-4-3-5-7-9;1-6(2)8-4-3-7(9)5-8;2*1-6(2)7-3-4-8-5-7/h6,8H,3-5,7H2,1-2H3;6-7,9H,3-5H2,1-2H3;2*6-7H,3-5H2,1-2H3. The molecule has 0 aromatic heterocycles. The lowest BCUT2D eigenvalue weighted by Gasteiger charge is -2.18. The number of hydrogen-bond donors (Lipinski definition) is 1. The van der Waals surface area contributed by atoms with Crippen LogP contribution in [0, 0.1) is 29.6 Å². The van der Waals surface area contributed by atoms with Gasteiger partial charge in [-0.25, -0.2) is 0 Å². The van der Waals surface area contributed by atoms with Crippen LogP contribution in [0.2, 0.25) is 0 Å². The molecule has 1 N–H and O–H groups in total. The van der Waals surface area contributed by atoms with Crippen molar-refractivity contribution in [3.63, 3.8) is 0 Å². The second-order valence-corrected chi connectivity index (χ2v) is 11.9. The third kappa shape index (κ3) is 13.6. The summed E-state index contributed by atoms with van der Waals surface area (Å²) >= 11 is 0. The van der Waals surface area contributed by atoms with Crippen molar-refractivity contribution < 1.29 is 14.6 Å². The Morgan fingerprint density at radius 3 is 1.59 bits per heavy atom. The van der Waals surface area contributed by atoms with E-state index in [1.54, 1.807) is 5.57 Å². The maximum atomic E-state index is 9.11. The molecular weight excluding hydrogens is 422 g/mol. The van der Waals surface area contributed by atoms with Crippen molar-refractivity contribution in [2.75, 3.05) is 39.5 Å². The molecule has 34 heavy (non-hydrogen) atoms. The monoisotopic (exact) mass is 481 g/mol. The highest BCUT2D eigenvalue weighted by Crippen LogP contribution is 2.23. The third-order valence-corrected chi connectivity index (χ3v) is 7.81. The molecular formula is C30H59NO3. The van der Waals surface area contributed by atoms with Gasteiger partial charge in [0.25, 0.3) is 0 Å². The highest BCUT2D eigenvalue weighted by Gasteiger charge is 2.21. The van der Waals surface area contributed by atoms with Crippen molar-refractivity contribution >= 4 is 0 Å². The molecule has 3 atom stereocenters. The maximum absolute atomic E-state index is 9.11. The van der Waals surface area contributed by atoms with Crippen LogP contribution in [0.3, 0.4) is 0 Å². The van der Waals surface area contributed by atoms with E-state index in [-0.39, 0.29) is 6.10 Å². The van der Waals surface area contributed by atoms with Gasteiger partial charge in [0.15, 0.2) is 0 Å². The van der Waals surface area contributed by atoms with Gasteiger partial charge in [-0.1, -0.05) is 53.2 Å². The Balaban J connectivity index is 0.000000227. The van der Waals surface area contributed by atoms with E-state index < -0.39 is 0 Å². The number of aliphatic hydroxyl groups is 1. The van der Waals surface area contributed by atoms with Crippen LogP contribution < -0.4 is 0 Å². The van der Waals surface area contributed by atoms with Crippen LogP contribution in [0.1, 0.15) is 100 Å². The zero-order valence-corrected chi connectivity index (χ0v) is 24.0. The molecule has 202 valence electrons. The van der Waals surface area contributed by atoms with Crippen LogP contribution in [-0.2, 0) is 9.47 Å². The van der Waals surface area contributed by atoms with E-state index in [2.05, 4.69) is 66.4 Å². The molecule has 3 saturated heterocycles. The molecule has 0 amide bonds. The fraction of sp³-hybridized carbons (Fsp3) is 0.933. The van der Waals surface area contributed by atoms with Crippen LogP contribution in [-0.4, -0.2) is 61.7 Å². The summed E-state index contributed by atoms with van der Waals surface area (Å²) in [7, 11) is 0. The van der Waals surface area contributed by atoms with Gasteiger partial charge in [-0.2, -0.15) is 0 Å². The number of β-amino-alcohol motifs (C(OH)–C–C–N with tert-alkyl or cyclic N) is 1. The minimum Gasteiger partial charge on any atom is -0.392 e. The molecule has 3 heterocycles. The van der Waals surface area contributed by atoms with Crippen molar-refractivity contribution in [2.24, 2.45) is 29.6 Å². The molecule has 0 radical (unpaired) electrons. The molecule has 3 fully saturated rings. The molecule has 4 heteroatoms. The van der Waals surface area contributed by atoms with Gasteiger partial charge in [0, 0.05) is 45.6 Å². The number of rotatable bonds is 4. The molecule has 0 bridgehead atoms. The van der Waals surface area contributed by atoms with Crippen molar-refractivity contribution in [2.45, 2.75) is 112 Å². The van der Waals surface area contributed by atoms with E-state index in [0.29, 0.717) is 6.04 Å². The highest BCUT2D eigenvalue weighted by atomic mass is 16.5. The highest BCUT2D eigenvalue weighted by molar-refractivity contribution is 5.06. The summed E-state index contributed by atoms with van der Waals surface area (Å²) < 4.78 is 10.4. The second kappa shape index (κ2) is 17.9. The van der Waals surface area contributed by atoms with Crippen LogP contribution in [0.15, 0.2) is 11.6 Å². The van der Waals surface area contributed by atoms with Gasteiger partial charge in [0.2, 0.25) is 0 Å². The average Bonchev–Trinajstić information content (AvgIpc) is 3.58. The van der Waals surface area contributed by atoms with Crippen molar-refractivity contribution in [1.29, 1.82) is 0 Å². The van der Waals surface area contributed by atoms with Crippen LogP contribution in [0.5, 0.6) is 0 Å². The molecule has 1 aliphatic carbocycles. The fourth-order valence-corrected chi connectivity index (χ4v) is 4.78. The maximum Gasteiger partial charge on any atom is 0.0679 e. The first-order valence-electron chi connectivity index (χ1n) is 14.4. The molecule has 3 aliphatic heterocycles. The van der Waals surface area contributed by atoms with E-state index in [0.717, 1.165) is 75.5 Å². The fourth-order valence-electron chi connectivity index (χ4n) is 4.78. The van der Waals surface area contributed by atoms with Crippen LogP contribution in [0.25, 0.3) is 0 Å². The minimum atomic E-state index is -0.0626. The first-order valence-corrected chi connectivity index (χ1v) is 14.4. The van der Waals surface area contributed by atoms with Crippen molar-refractivity contribution in [3.8, 4) is 0 Å². The Morgan fingerprint density at radius 1 is 0.824 bits per heavy atom. The Morgan fingerprint density at radius 2 is 1.38 bits per heavy atom. The van der Waals surface area contributed by atoms with Gasteiger partial charge in [-0.15, -0.1) is 0 Å². The zero-order valence-electron chi connectivity index (χ0n) is 24.0. The lowest BCUT2D eigenvalue weighted by molar-refractivity contribution is 0.166. The van der Waals surface area contributed by atoms with Crippen molar-refractivity contribution in [1.82, 2.24) is 4.90 Å². The Hall–Kier alpha value is -0.420. The summed E-state index contributed by atoms with van der Waals surface area (Å²) in [4.78, 5) is 2.30. The quantitative estimate of drug-likeness (QED) is 0.441. The third-order valence-electron chi connectivity index (χ3n) is 7.81. The second-order valence-electron chi connectivity index (χ2n) is 11.9. The lowest BCUT2D eigenvalue weighted by Crippen LogP contribution is -2.28. The predicted molar refractivity (Wildman–Crippen MR) is 146 cm³/mol. The predicted octanol–water partition coefficient (Wildman–Crippen LogP) is 6.96. The van der Waals surface area contributed by atoms with E-state index in [9.17, 15) is 0 Å². The number of hydrogen-bond acceptors (Lipinski definition) is 4. The number of aliphatic hydroxyl groups excluding tert-OH is 1. The Labute approximate surface area is 212 Å². The SMILES string of the molecule is CC(C)C1=CCCCC1.CC(C)C1CCOC1.CC(C)C1CCOC1.CC(C)N1CCC(O)C1. The van der Waals surface area contributed by atoms with E-state index in [1.807, 2.05) is 0 Å². The van der Waals surface area contributed by atoms with Gasteiger partial charge in [-0.3, -0.25) is 4.90 Å². The van der Waals surface area contributed by atoms with Crippen LogP contribution >= 0.6 is 0 Å².